The Morgan fingerprint density at radius 3 is 2.65 bits per heavy atom. The molecule has 6 nitrogen and oxygen atoms in total. The molecule has 0 aliphatic heterocycles. The van der Waals surface area contributed by atoms with E-state index in [1.54, 1.807) is 36.4 Å². The zero-order valence-electron chi connectivity index (χ0n) is 12.2. The fourth-order valence-electron chi connectivity index (χ4n) is 1.89. The van der Waals surface area contributed by atoms with E-state index in [9.17, 15) is 9.59 Å². The molecule has 2 amide bonds. The third-order valence-corrected chi connectivity index (χ3v) is 3.93. The van der Waals surface area contributed by atoms with E-state index in [1.165, 1.54) is 17.6 Å². The van der Waals surface area contributed by atoms with Gasteiger partial charge in [0.2, 0.25) is 0 Å². The van der Waals surface area contributed by atoms with Gasteiger partial charge in [0.15, 0.2) is 5.76 Å². The molecule has 3 rings (SSSR count). The Balaban J connectivity index is 1.76. The van der Waals surface area contributed by atoms with Gasteiger partial charge in [-0.25, -0.2) is 4.98 Å². The molecule has 0 aliphatic rings. The number of carbonyl (C=O) groups excluding carboxylic acids is 2. The summed E-state index contributed by atoms with van der Waals surface area (Å²) in [7, 11) is 0. The van der Waals surface area contributed by atoms with E-state index in [0.29, 0.717) is 16.5 Å². The number of carbonyl (C=O) groups is 2. The van der Waals surface area contributed by atoms with Gasteiger partial charge in [0.1, 0.15) is 11.6 Å². The number of anilines is 2. The van der Waals surface area contributed by atoms with Crippen LogP contribution in [0.2, 0.25) is 0 Å². The van der Waals surface area contributed by atoms with Crippen molar-refractivity contribution in [1.82, 2.24) is 4.98 Å². The molecule has 23 heavy (non-hydrogen) atoms. The van der Waals surface area contributed by atoms with E-state index < -0.39 is 5.91 Å². The second kappa shape index (κ2) is 6.45. The molecule has 0 radical (unpaired) electrons. The van der Waals surface area contributed by atoms with Gasteiger partial charge in [-0.05, 0) is 42.1 Å². The monoisotopic (exact) mass is 327 g/mol. The van der Waals surface area contributed by atoms with E-state index in [2.05, 4.69) is 15.6 Å². The van der Waals surface area contributed by atoms with Gasteiger partial charge < -0.3 is 15.1 Å². The third kappa shape index (κ3) is 3.46. The molecule has 0 fully saturated rings. The van der Waals surface area contributed by atoms with Crippen molar-refractivity contribution in [3.63, 3.8) is 0 Å². The maximum absolute atomic E-state index is 12.0. The average Bonchev–Trinajstić information content (AvgIpc) is 3.23. The molecule has 0 atom stereocenters. The summed E-state index contributed by atoms with van der Waals surface area (Å²) in [6, 6.07) is 10.2. The molecule has 0 saturated carbocycles. The van der Waals surface area contributed by atoms with E-state index >= 15 is 0 Å². The molecular weight excluding hydrogens is 314 g/mol. The Morgan fingerprint density at radius 1 is 1.09 bits per heavy atom. The standard InChI is InChI=1S/C16H13N3O3S/c1-10-6-7-13(18-16(21)12-5-3-9-23-12)17-14(10)19-15(20)11-4-2-8-22-11/h2-9H,1H3,(H2,17,18,19,20,21). The largest absolute Gasteiger partial charge is 0.459 e. The molecule has 7 heteroatoms. The maximum Gasteiger partial charge on any atom is 0.292 e. The quantitative estimate of drug-likeness (QED) is 0.767. The van der Waals surface area contributed by atoms with Gasteiger partial charge in [-0.2, -0.15) is 0 Å². The van der Waals surface area contributed by atoms with Crippen LogP contribution < -0.4 is 10.6 Å². The third-order valence-electron chi connectivity index (χ3n) is 3.06. The number of thiophene rings is 1. The molecule has 3 aromatic rings. The van der Waals surface area contributed by atoms with E-state index in [-0.39, 0.29) is 11.7 Å². The van der Waals surface area contributed by atoms with Gasteiger partial charge >= 0.3 is 0 Å². The van der Waals surface area contributed by atoms with E-state index in [0.717, 1.165) is 5.56 Å². The minimum atomic E-state index is -0.396. The molecule has 116 valence electrons. The number of hydrogen-bond acceptors (Lipinski definition) is 5. The predicted octanol–water partition coefficient (Wildman–Crippen LogP) is 3.55. The number of aryl methyl sites for hydroxylation is 1. The summed E-state index contributed by atoms with van der Waals surface area (Å²) in [6.07, 6.45) is 1.42. The highest BCUT2D eigenvalue weighted by atomic mass is 32.1. The zero-order chi connectivity index (χ0) is 16.2. The van der Waals surface area contributed by atoms with Gasteiger partial charge in [-0.1, -0.05) is 12.1 Å². The Kier molecular flexibility index (Phi) is 4.20. The topological polar surface area (TPSA) is 84.2 Å². The number of rotatable bonds is 4. The number of furan rings is 1. The lowest BCUT2D eigenvalue weighted by atomic mass is 10.2. The van der Waals surface area contributed by atoms with E-state index in [1.807, 2.05) is 12.3 Å². The lowest BCUT2D eigenvalue weighted by Crippen LogP contribution is -2.15. The molecule has 0 spiro atoms. The molecule has 2 N–H and O–H groups in total. The molecule has 0 bridgehead atoms. The first-order valence-electron chi connectivity index (χ1n) is 6.81. The van der Waals surface area contributed by atoms with Crippen molar-refractivity contribution in [2.75, 3.05) is 10.6 Å². The lowest BCUT2D eigenvalue weighted by Gasteiger charge is -2.09. The van der Waals surface area contributed by atoms with Crippen LogP contribution in [0.15, 0.2) is 52.5 Å². The van der Waals surface area contributed by atoms with Crippen molar-refractivity contribution < 1.29 is 14.0 Å². The van der Waals surface area contributed by atoms with Crippen LogP contribution >= 0.6 is 11.3 Å². The van der Waals surface area contributed by atoms with Crippen molar-refractivity contribution >= 4 is 34.8 Å². The minimum absolute atomic E-state index is 0.194. The van der Waals surface area contributed by atoms with Crippen LogP contribution in [0.25, 0.3) is 0 Å². The van der Waals surface area contributed by atoms with Crippen molar-refractivity contribution in [2.24, 2.45) is 0 Å². The molecule has 0 unspecified atom stereocenters. The fourth-order valence-corrected chi connectivity index (χ4v) is 2.51. The van der Waals surface area contributed by atoms with Crippen LogP contribution in [-0.4, -0.2) is 16.8 Å². The number of aromatic nitrogens is 1. The highest BCUT2D eigenvalue weighted by Crippen LogP contribution is 2.18. The van der Waals surface area contributed by atoms with Crippen molar-refractivity contribution in [3.8, 4) is 0 Å². The Morgan fingerprint density at radius 2 is 1.96 bits per heavy atom. The number of pyridine rings is 1. The van der Waals surface area contributed by atoms with Gasteiger partial charge in [0.05, 0.1) is 11.1 Å². The normalized spacial score (nSPS) is 10.3. The number of nitrogens with one attached hydrogen (secondary N) is 2. The van der Waals surface area contributed by atoms with Gasteiger partial charge in [0.25, 0.3) is 11.8 Å². The second-order valence-electron chi connectivity index (χ2n) is 4.72. The van der Waals surface area contributed by atoms with Crippen LogP contribution in [0.4, 0.5) is 11.6 Å². The highest BCUT2D eigenvalue weighted by molar-refractivity contribution is 7.12. The number of amides is 2. The van der Waals surface area contributed by atoms with Crippen LogP contribution in [-0.2, 0) is 0 Å². The summed E-state index contributed by atoms with van der Waals surface area (Å²) in [6.45, 7) is 1.82. The zero-order valence-corrected chi connectivity index (χ0v) is 13.0. The summed E-state index contributed by atoms with van der Waals surface area (Å²) in [5.41, 5.74) is 0.777. The van der Waals surface area contributed by atoms with Crippen LogP contribution in [0, 0.1) is 6.92 Å². The summed E-state index contributed by atoms with van der Waals surface area (Å²) in [5, 5.41) is 7.20. The van der Waals surface area contributed by atoms with Crippen LogP contribution in [0.1, 0.15) is 25.8 Å². The summed E-state index contributed by atoms with van der Waals surface area (Å²) < 4.78 is 5.04. The smallest absolute Gasteiger partial charge is 0.292 e. The molecule has 0 aliphatic carbocycles. The SMILES string of the molecule is Cc1ccc(NC(=O)c2cccs2)nc1NC(=O)c1ccco1. The summed E-state index contributed by atoms with van der Waals surface area (Å²) in [4.78, 5) is 28.9. The van der Waals surface area contributed by atoms with Crippen molar-refractivity contribution in [1.29, 1.82) is 0 Å². The average molecular weight is 327 g/mol. The van der Waals surface area contributed by atoms with Crippen molar-refractivity contribution in [3.05, 3.63) is 64.2 Å². The minimum Gasteiger partial charge on any atom is -0.459 e. The number of hydrogen-bond donors (Lipinski definition) is 2. The predicted molar refractivity (Wildman–Crippen MR) is 87.9 cm³/mol. The molecule has 3 heterocycles. The van der Waals surface area contributed by atoms with E-state index in [4.69, 9.17) is 4.42 Å². The van der Waals surface area contributed by atoms with Crippen LogP contribution in [0.3, 0.4) is 0 Å². The first-order valence-corrected chi connectivity index (χ1v) is 7.69. The van der Waals surface area contributed by atoms with Crippen molar-refractivity contribution in [2.45, 2.75) is 6.92 Å². The fraction of sp³-hybridized carbons (Fsp3) is 0.0625. The maximum atomic E-state index is 12.0. The van der Waals surface area contributed by atoms with Gasteiger partial charge in [-0.15, -0.1) is 11.3 Å². The van der Waals surface area contributed by atoms with Gasteiger partial charge in [-0.3, -0.25) is 9.59 Å². The van der Waals surface area contributed by atoms with Gasteiger partial charge in [0, 0.05) is 0 Å². The number of nitrogens with zero attached hydrogens (tertiary/aromatic N) is 1. The molecular formula is C16H13N3O3S. The summed E-state index contributed by atoms with van der Waals surface area (Å²) >= 11 is 1.34. The Bertz CT molecular complexity index is 826. The van der Waals surface area contributed by atoms with Crippen LogP contribution in [0.5, 0.6) is 0 Å². The molecule has 0 aromatic carbocycles. The Hall–Kier alpha value is -2.93. The lowest BCUT2D eigenvalue weighted by molar-refractivity contribution is 0.0995. The second-order valence-corrected chi connectivity index (χ2v) is 5.67. The Labute approximate surface area is 136 Å². The first-order chi connectivity index (χ1) is 11.1. The highest BCUT2D eigenvalue weighted by Gasteiger charge is 2.13. The molecule has 0 saturated heterocycles. The molecule has 3 aromatic heterocycles. The first kappa shape index (κ1) is 15.0. The summed E-state index contributed by atoms with van der Waals surface area (Å²) in [5.74, 6) is 0.297.